The standard InChI is InChI=1S/C13H13N3.C7H10N2.C7H9N/c1-10-9-12(7-8-13(10)14)16-15-11-5-3-2-4-6-11;1-5-4-6(8)2-3-7(5)9;1-6-4-2-3-5-7(6)8/h2-9H,14H2,1H3;2-4H,8-9H2,1H3;2-5H,8H2,1H3. The summed E-state index contributed by atoms with van der Waals surface area (Å²) in [6.07, 6.45) is 0. The van der Waals surface area contributed by atoms with Crippen molar-refractivity contribution in [3.8, 4) is 0 Å². The second-order valence-electron chi connectivity index (χ2n) is 7.55. The molecule has 8 N–H and O–H groups in total. The van der Waals surface area contributed by atoms with Crippen LogP contribution in [0.25, 0.3) is 0 Å². The van der Waals surface area contributed by atoms with E-state index in [1.807, 2.05) is 106 Å². The summed E-state index contributed by atoms with van der Waals surface area (Å²) in [5.41, 5.74) is 30.3. The van der Waals surface area contributed by atoms with Gasteiger partial charge in [0.2, 0.25) is 0 Å². The molecule has 0 aromatic heterocycles. The van der Waals surface area contributed by atoms with Crippen molar-refractivity contribution in [3.05, 3.63) is 108 Å². The van der Waals surface area contributed by atoms with Gasteiger partial charge in [-0.25, -0.2) is 0 Å². The predicted molar refractivity (Wildman–Crippen MR) is 142 cm³/mol. The molecule has 6 heteroatoms. The van der Waals surface area contributed by atoms with E-state index in [1.165, 1.54) is 0 Å². The van der Waals surface area contributed by atoms with Crippen LogP contribution in [0.3, 0.4) is 0 Å². The number of hydrogen-bond acceptors (Lipinski definition) is 6. The second kappa shape index (κ2) is 12.5. The number of azo groups is 1. The van der Waals surface area contributed by atoms with Crippen LogP contribution in [0.4, 0.5) is 34.1 Å². The maximum Gasteiger partial charge on any atom is 0.0861 e. The van der Waals surface area contributed by atoms with Gasteiger partial charge in [0.1, 0.15) is 0 Å². The lowest BCUT2D eigenvalue weighted by Crippen LogP contribution is -1.91. The van der Waals surface area contributed by atoms with Gasteiger partial charge in [0.15, 0.2) is 0 Å². The number of benzene rings is 4. The van der Waals surface area contributed by atoms with Crippen molar-refractivity contribution in [3.63, 3.8) is 0 Å². The van der Waals surface area contributed by atoms with Crippen LogP contribution in [0.5, 0.6) is 0 Å². The lowest BCUT2D eigenvalue weighted by Gasteiger charge is -1.99. The monoisotopic (exact) mass is 440 g/mol. The van der Waals surface area contributed by atoms with E-state index in [9.17, 15) is 0 Å². The number of nitrogens with two attached hydrogens (primary N) is 4. The largest absolute Gasteiger partial charge is 0.399 e. The van der Waals surface area contributed by atoms with E-state index in [0.717, 1.165) is 50.8 Å². The summed E-state index contributed by atoms with van der Waals surface area (Å²) in [5.74, 6) is 0. The van der Waals surface area contributed by atoms with Crippen molar-refractivity contribution in [2.45, 2.75) is 20.8 Å². The van der Waals surface area contributed by atoms with Crippen LogP contribution in [-0.4, -0.2) is 0 Å². The average Bonchev–Trinajstić information content (AvgIpc) is 2.81. The van der Waals surface area contributed by atoms with Crippen molar-refractivity contribution >= 4 is 34.1 Å². The quantitative estimate of drug-likeness (QED) is 0.203. The molecular weight excluding hydrogens is 408 g/mol. The van der Waals surface area contributed by atoms with Gasteiger partial charge in [-0.3, -0.25) is 0 Å². The summed E-state index contributed by atoms with van der Waals surface area (Å²) >= 11 is 0. The first-order valence-electron chi connectivity index (χ1n) is 10.5. The molecule has 170 valence electrons. The Hall–Kier alpha value is -4.32. The van der Waals surface area contributed by atoms with Gasteiger partial charge in [-0.1, -0.05) is 36.4 Å². The Morgan fingerprint density at radius 2 is 0.970 bits per heavy atom. The van der Waals surface area contributed by atoms with Crippen LogP contribution in [0.1, 0.15) is 16.7 Å². The number of aryl methyl sites for hydroxylation is 3. The van der Waals surface area contributed by atoms with E-state index in [2.05, 4.69) is 10.2 Å². The average molecular weight is 441 g/mol. The number of nitrogen functional groups attached to an aromatic ring is 4. The zero-order valence-corrected chi connectivity index (χ0v) is 19.4. The zero-order chi connectivity index (χ0) is 24.2. The third kappa shape index (κ3) is 8.75. The van der Waals surface area contributed by atoms with E-state index < -0.39 is 0 Å². The molecule has 0 spiro atoms. The van der Waals surface area contributed by atoms with E-state index in [-0.39, 0.29) is 0 Å². The molecule has 0 unspecified atom stereocenters. The molecule has 0 aliphatic rings. The summed E-state index contributed by atoms with van der Waals surface area (Å²) < 4.78 is 0. The first-order chi connectivity index (χ1) is 15.8. The Balaban J connectivity index is 0.000000192. The molecule has 0 saturated carbocycles. The van der Waals surface area contributed by atoms with Crippen molar-refractivity contribution in [2.75, 3.05) is 22.9 Å². The number of para-hydroxylation sites is 1. The third-order valence-electron chi connectivity index (χ3n) is 4.77. The van der Waals surface area contributed by atoms with Crippen molar-refractivity contribution in [2.24, 2.45) is 10.2 Å². The third-order valence-corrected chi connectivity index (χ3v) is 4.77. The summed E-state index contributed by atoms with van der Waals surface area (Å²) in [5, 5.41) is 8.28. The van der Waals surface area contributed by atoms with Gasteiger partial charge in [0.05, 0.1) is 11.4 Å². The summed E-state index contributed by atoms with van der Waals surface area (Å²) in [7, 11) is 0. The maximum absolute atomic E-state index is 5.72. The Morgan fingerprint density at radius 3 is 1.48 bits per heavy atom. The van der Waals surface area contributed by atoms with Gasteiger partial charge in [-0.05, 0) is 92.1 Å². The summed E-state index contributed by atoms with van der Waals surface area (Å²) in [4.78, 5) is 0. The van der Waals surface area contributed by atoms with Gasteiger partial charge in [-0.2, -0.15) is 10.2 Å². The molecule has 0 fully saturated rings. The Kier molecular flexibility index (Phi) is 9.46. The molecule has 0 atom stereocenters. The van der Waals surface area contributed by atoms with Gasteiger partial charge in [-0.15, -0.1) is 0 Å². The first kappa shape index (κ1) is 24.9. The predicted octanol–water partition coefficient (Wildman–Crippen LogP) is 6.73. The normalized spacial score (nSPS) is 10.0. The fourth-order valence-corrected chi connectivity index (χ4v) is 2.62. The lowest BCUT2D eigenvalue weighted by atomic mass is 10.2. The number of anilines is 4. The highest BCUT2D eigenvalue weighted by Gasteiger charge is 1.95. The minimum atomic E-state index is 0.765. The topological polar surface area (TPSA) is 129 Å². The lowest BCUT2D eigenvalue weighted by molar-refractivity contribution is 1.22. The summed E-state index contributed by atoms with van der Waals surface area (Å²) in [6, 6.07) is 28.5. The minimum absolute atomic E-state index is 0.765. The van der Waals surface area contributed by atoms with Crippen LogP contribution in [0.15, 0.2) is 101 Å². The van der Waals surface area contributed by atoms with Gasteiger partial charge >= 0.3 is 0 Å². The summed E-state index contributed by atoms with van der Waals surface area (Å²) in [6.45, 7) is 5.89. The molecule has 0 aliphatic carbocycles. The molecule has 6 nitrogen and oxygen atoms in total. The van der Waals surface area contributed by atoms with Crippen LogP contribution >= 0.6 is 0 Å². The SMILES string of the molecule is Cc1cc(N)ccc1N.Cc1cc(N=Nc2ccccc2)ccc1N.Cc1ccccc1N. The van der Waals surface area contributed by atoms with Gasteiger partial charge < -0.3 is 22.9 Å². The van der Waals surface area contributed by atoms with Crippen molar-refractivity contribution < 1.29 is 0 Å². The molecule has 0 amide bonds. The van der Waals surface area contributed by atoms with Gasteiger partial charge in [0, 0.05) is 22.7 Å². The van der Waals surface area contributed by atoms with Gasteiger partial charge in [0.25, 0.3) is 0 Å². The van der Waals surface area contributed by atoms with Crippen LogP contribution in [0, 0.1) is 20.8 Å². The highest BCUT2D eigenvalue weighted by atomic mass is 15.1. The molecule has 0 aliphatic heterocycles. The van der Waals surface area contributed by atoms with Crippen molar-refractivity contribution in [1.29, 1.82) is 0 Å². The molecular formula is C27H32N6. The van der Waals surface area contributed by atoms with E-state index in [1.54, 1.807) is 6.07 Å². The molecule has 4 aromatic carbocycles. The highest BCUT2D eigenvalue weighted by molar-refractivity contribution is 5.55. The second-order valence-corrected chi connectivity index (χ2v) is 7.55. The fourth-order valence-electron chi connectivity index (χ4n) is 2.62. The van der Waals surface area contributed by atoms with Crippen LogP contribution in [0.2, 0.25) is 0 Å². The Bertz CT molecular complexity index is 1170. The number of rotatable bonds is 2. The van der Waals surface area contributed by atoms with E-state index >= 15 is 0 Å². The first-order valence-corrected chi connectivity index (χ1v) is 10.5. The molecule has 4 aromatic rings. The zero-order valence-electron chi connectivity index (χ0n) is 19.4. The number of nitrogens with zero attached hydrogens (tertiary/aromatic N) is 2. The highest BCUT2D eigenvalue weighted by Crippen LogP contribution is 2.21. The molecule has 33 heavy (non-hydrogen) atoms. The van der Waals surface area contributed by atoms with E-state index in [0.29, 0.717) is 0 Å². The van der Waals surface area contributed by atoms with E-state index in [4.69, 9.17) is 22.9 Å². The maximum atomic E-state index is 5.72. The minimum Gasteiger partial charge on any atom is -0.399 e. The number of hydrogen-bond donors (Lipinski definition) is 4. The molecule has 0 bridgehead atoms. The molecule has 4 rings (SSSR count). The molecule has 0 heterocycles. The fraction of sp³-hybridized carbons (Fsp3) is 0.111. The Labute approximate surface area is 196 Å². The molecule has 0 radical (unpaired) electrons. The van der Waals surface area contributed by atoms with Crippen LogP contribution in [-0.2, 0) is 0 Å². The molecule has 0 saturated heterocycles. The Morgan fingerprint density at radius 1 is 0.455 bits per heavy atom. The van der Waals surface area contributed by atoms with Crippen LogP contribution < -0.4 is 22.9 Å². The van der Waals surface area contributed by atoms with Crippen molar-refractivity contribution in [1.82, 2.24) is 0 Å². The smallest absolute Gasteiger partial charge is 0.0861 e.